The lowest BCUT2D eigenvalue weighted by atomic mass is 10.00. The lowest BCUT2D eigenvalue weighted by Crippen LogP contribution is -2.13. The Bertz CT molecular complexity index is 680. The molecule has 0 bridgehead atoms. The number of benzene rings is 2. The molecule has 0 spiro atoms. The van der Waals surface area contributed by atoms with Gasteiger partial charge in [0, 0.05) is 16.5 Å². The van der Waals surface area contributed by atoms with Crippen LogP contribution in [0.4, 0.5) is 0 Å². The third-order valence-corrected chi connectivity index (χ3v) is 3.59. The second-order valence-corrected chi connectivity index (χ2v) is 5.42. The molecule has 21 heavy (non-hydrogen) atoms. The minimum Gasteiger partial charge on any atom is -0.496 e. The number of carbonyl (C=O) groups excluding carboxylic acids is 2. The second-order valence-electron chi connectivity index (χ2n) is 4.51. The molecule has 0 aliphatic heterocycles. The summed E-state index contributed by atoms with van der Waals surface area (Å²) in [6.45, 7) is 0. The molecule has 4 nitrogen and oxygen atoms in total. The van der Waals surface area contributed by atoms with E-state index in [9.17, 15) is 9.59 Å². The van der Waals surface area contributed by atoms with E-state index in [4.69, 9.17) is 10.5 Å². The van der Waals surface area contributed by atoms with Crippen LogP contribution in [0.3, 0.4) is 0 Å². The summed E-state index contributed by atoms with van der Waals surface area (Å²) in [5.41, 5.74) is 6.78. The van der Waals surface area contributed by atoms with Gasteiger partial charge >= 0.3 is 0 Å². The molecule has 2 aromatic carbocycles. The van der Waals surface area contributed by atoms with Crippen LogP contribution in [0.25, 0.3) is 0 Å². The van der Waals surface area contributed by atoms with E-state index in [1.165, 1.54) is 19.2 Å². The van der Waals surface area contributed by atoms with Crippen LogP contribution in [0.1, 0.15) is 26.3 Å². The van der Waals surface area contributed by atoms with Gasteiger partial charge in [0.25, 0.3) is 0 Å². The van der Waals surface area contributed by atoms with Gasteiger partial charge in [-0.2, -0.15) is 0 Å². The van der Waals surface area contributed by atoms with Crippen LogP contribution in [0.15, 0.2) is 46.9 Å². The number of amides is 1. The van der Waals surface area contributed by atoms with E-state index in [2.05, 4.69) is 15.9 Å². The first-order valence-electron chi connectivity index (χ1n) is 6.26. The topological polar surface area (TPSA) is 69.4 Å². The zero-order chi connectivity index (χ0) is 15.4. The van der Waals surface area contributed by atoms with Gasteiger partial charge < -0.3 is 10.5 Å². The number of rotatable bonds is 5. The summed E-state index contributed by atoms with van der Waals surface area (Å²) < 4.78 is 6.13. The highest BCUT2D eigenvalue weighted by Crippen LogP contribution is 2.22. The molecule has 0 heterocycles. The summed E-state index contributed by atoms with van der Waals surface area (Å²) in [5, 5.41) is 0. The van der Waals surface area contributed by atoms with Crippen LogP contribution in [0.5, 0.6) is 5.75 Å². The van der Waals surface area contributed by atoms with Crippen LogP contribution in [-0.2, 0) is 6.42 Å². The first kappa shape index (κ1) is 15.3. The molecule has 0 aliphatic carbocycles. The maximum Gasteiger partial charge on any atom is 0.248 e. The molecular weight excluding hydrogens is 334 g/mol. The van der Waals surface area contributed by atoms with E-state index in [0.717, 1.165) is 10.0 Å². The minimum absolute atomic E-state index is 0.128. The molecule has 0 atom stereocenters. The van der Waals surface area contributed by atoms with Crippen molar-refractivity contribution in [3.63, 3.8) is 0 Å². The summed E-state index contributed by atoms with van der Waals surface area (Å²) in [6.07, 6.45) is 0.228. The molecule has 2 N–H and O–H groups in total. The Labute approximate surface area is 131 Å². The minimum atomic E-state index is -0.574. The number of hydrogen-bond acceptors (Lipinski definition) is 3. The fourth-order valence-electron chi connectivity index (χ4n) is 1.96. The second kappa shape index (κ2) is 6.54. The average Bonchev–Trinajstić information content (AvgIpc) is 2.48. The van der Waals surface area contributed by atoms with Gasteiger partial charge in [-0.15, -0.1) is 0 Å². The zero-order valence-corrected chi connectivity index (χ0v) is 13.0. The van der Waals surface area contributed by atoms with Crippen molar-refractivity contribution in [1.29, 1.82) is 0 Å². The van der Waals surface area contributed by atoms with Crippen molar-refractivity contribution in [1.82, 2.24) is 0 Å². The van der Waals surface area contributed by atoms with Crippen molar-refractivity contribution in [2.24, 2.45) is 5.73 Å². The predicted octanol–water partition coefficient (Wildman–Crippen LogP) is 2.98. The van der Waals surface area contributed by atoms with Gasteiger partial charge in [-0.05, 0) is 35.9 Å². The summed E-state index contributed by atoms with van der Waals surface area (Å²) in [6, 6.07) is 12.1. The lowest BCUT2D eigenvalue weighted by Gasteiger charge is -2.09. The third-order valence-electron chi connectivity index (χ3n) is 3.06. The standard InChI is InChI=1S/C16H14BrNO3/c1-21-15-7-4-11(16(18)20)9-13(15)14(19)8-10-2-5-12(17)6-3-10/h2-7,9H,8H2,1H3,(H2,18,20). The molecule has 5 heteroatoms. The summed E-state index contributed by atoms with van der Waals surface area (Å²) in [4.78, 5) is 23.6. The zero-order valence-electron chi connectivity index (χ0n) is 11.4. The summed E-state index contributed by atoms with van der Waals surface area (Å²) >= 11 is 3.35. The van der Waals surface area contributed by atoms with Gasteiger partial charge in [0.15, 0.2) is 5.78 Å². The van der Waals surface area contributed by atoms with Crippen molar-refractivity contribution >= 4 is 27.6 Å². The Morgan fingerprint density at radius 2 is 1.81 bits per heavy atom. The number of Topliss-reactive ketones (excluding diaryl/α,β-unsaturated/α-hetero) is 1. The first-order valence-corrected chi connectivity index (χ1v) is 7.06. The number of carbonyl (C=O) groups is 2. The van der Waals surface area contributed by atoms with Gasteiger partial charge in [0.05, 0.1) is 12.7 Å². The van der Waals surface area contributed by atoms with Gasteiger partial charge in [-0.3, -0.25) is 9.59 Å². The van der Waals surface area contributed by atoms with Crippen LogP contribution in [0, 0.1) is 0 Å². The molecule has 1 amide bonds. The fraction of sp³-hybridized carbons (Fsp3) is 0.125. The Morgan fingerprint density at radius 1 is 1.14 bits per heavy atom. The van der Waals surface area contributed by atoms with Crippen molar-refractivity contribution in [2.45, 2.75) is 6.42 Å². The maximum absolute atomic E-state index is 12.4. The Kier molecular flexibility index (Phi) is 4.75. The normalized spacial score (nSPS) is 10.2. The highest BCUT2D eigenvalue weighted by atomic mass is 79.9. The monoisotopic (exact) mass is 347 g/mol. The van der Waals surface area contributed by atoms with E-state index < -0.39 is 5.91 Å². The van der Waals surface area contributed by atoms with Crippen LogP contribution in [0.2, 0.25) is 0 Å². The van der Waals surface area contributed by atoms with E-state index in [1.807, 2.05) is 24.3 Å². The molecule has 0 saturated carbocycles. The summed E-state index contributed by atoms with van der Waals surface area (Å²) in [5.74, 6) is -0.269. The lowest BCUT2D eigenvalue weighted by molar-refractivity contribution is 0.0990. The summed E-state index contributed by atoms with van der Waals surface area (Å²) in [7, 11) is 1.48. The number of nitrogens with two attached hydrogens (primary N) is 1. The number of ether oxygens (including phenoxy) is 1. The molecule has 0 saturated heterocycles. The molecular formula is C16H14BrNO3. The molecule has 2 rings (SSSR count). The van der Waals surface area contributed by atoms with Crippen molar-refractivity contribution in [3.05, 3.63) is 63.6 Å². The smallest absolute Gasteiger partial charge is 0.248 e. The van der Waals surface area contributed by atoms with Gasteiger partial charge in [-0.25, -0.2) is 0 Å². The highest BCUT2D eigenvalue weighted by molar-refractivity contribution is 9.10. The molecule has 2 aromatic rings. The number of primary amides is 1. The predicted molar refractivity (Wildman–Crippen MR) is 83.7 cm³/mol. The average molecular weight is 348 g/mol. The van der Waals surface area contributed by atoms with Crippen molar-refractivity contribution in [2.75, 3.05) is 7.11 Å². The molecule has 0 aliphatic rings. The fourth-order valence-corrected chi connectivity index (χ4v) is 2.23. The molecule has 0 aromatic heterocycles. The number of ketones is 1. The Hall–Kier alpha value is -2.14. The van der Waals surface area contributed by atoms with Crippen LogP contribution in [-0.4, -0.2) is 18.8 Å². The van der Waals surface area contributed by atoms with Gasteiger partial charge in [0.1, 0.15) is 5.75 Å². The number of hydrogen-bond donors (Lipinski definition) is 1. The molecule has 108 valence electrons. The van der Waals surface area contributed by atoms with Crippen molar-refractivity contribution < 1.29 is 14.3 Å². The van der Waals surface area contributed by atoms with E-state index in [-0.39, 0.29) is 17.8 Å². The maximum atomic E-state index is 12.4. The molecule has 0 radical (unpaired) electrons. The third kappa shape index (κ3) is 3.70. The number of methoxy groups -OCH3 is 1. The van der Waals surface area contributed by atoms with E-state index in [1.54, 1.807) is 6.07 Å². The van der Waals surface area contributed by atoms with Gasteiger partial charge in [0.2, 0.25) is 5.91 Å². The number of halogens is 1. The quantitative estimate of drug-likeness (QED) is 0.845. The Morgan fingerprint density at radius 3 is 2.38 bits per heavy atom. The van der Waals surface area contributed by atoms with Gasteiger partial charge in [-0.1, -0.05) is 28.1 Å². The van der Waals surface area contributed by atoms with Crippen LogP contribution >= 0.6 is 15.9 Å². The molecule has 0 unspecified atom stereocenters. The Balaban J connectivity index is 2.30. The highest BCUT2D eigenvalue weighted by Gasteiger charge is 2.15. The van der Waals surface area contributed by atoms with Crippen molar-refractivity contribution in [3.8, 4) is 5.75 Å². The SMILES string of the molecule is COc1ccc(C(N)=O)cc1C(=O)Cc1ccc(Br)cc1. The first-order chi connectivity index (χ1) is 10.0. The molecule has 0 fully saturated rings. The van der Waals surface area contributed by atoms with Crippen LogP contribution < -0.4 is 10.5 Å². The van der Waals surface area contributed by atoms with E-state index in [0.29, 0.717) is 11.3 Å². The largest absolute Gasteiger partial charge is 0.496 e. The van der Waals surface area contributed by atoms with E-state index >= 15 is 0 Å².